The number of fused-ring (bicyclic) bond motifs is 1. The van der Waals surface area contributed by atoms with E-state index >= 15 is 0 Å². The van der Waals surface area contributed by atoms with Gasteiger partial charge in [0.25, 0.3) is 0 Å². The lowest BCUT2D eigenvalue weighted by Crippen LogP contribution is -2.00. The summed E-state index contributed by atoms with van der Waals surface area (Å²) in [7, 11) is 1.34. The maximum atomic E-state index is 11.8. The van der Waals surface area contributed by atoms with Crippen LogP contribution in [-0.2, 0) is 4.74 Å². The van der Waals surface area contributed by atoms with Gasteiger partial charge in [0, 0.05) is 16.0 Å². The Morgan fingerprint density at radius 3 is 2.74 bits per heavy atom. The van der Waals surface area contributed by atoms with Crippen molar-refractivity contribution in [2.45, 2.75) is 0 Å². The molecule has 0 saturated heterocycles. The van der Waals surface area contributed by atoms with Crippen LogP contribution in [0.2, 0.25) is 5.02 Å². The summed E-state index contributed by atoms with van der Waals surface area (Å²) < 4.78 is 5.14. The second kappa shape index (κ2) is 6.40. The van der Waals surface area contributed by atoms with Crippen LogP contribution in [0.5, 0.6) is 0 Å². The summed E-state index contributed by atoms with van der Waals surface area (Å²) in [6.45, 7) is 0. The van der Waals surface area contributed by atoms with Crippen molar-refractivity contribution in [3.8, 4) is 11.3 Å². The Morgan fingerprint density at radius 1 is 1.22 bits per heavy atom. The van der Waals surface area contributed by atoms with E-state index in [0.717, 1.165) is 5.56 Å². The topological polar surface area (TPSA) is 52.1 Å². The van der Waals surface area contributed by atoms with Crippen LogP contribution >= 0.6 is 23.8 Å². The second-order valence-corrected chi connectivity index (χ2v) is 5.59. The van der Waals surface area contributed by atoms with E-state index < -0.39 is 5.97 Å². The summed E-state index contributed by atoms with van der Waals surface area (Å²) >= 11 is 11.5. The van der Waals surface area contributed by atoms with Gasteiger partial charge in [-0.1, -0.05) is 42.0 Å². The molecule has 0 N–H and O–H groups in total. The van der Waals surface area contributed by atoms with E-state index in [1.165, 1.54) is 13.3 Å². The van der Waals surface area contributed by atoms with Crippen molar-refractivity contribution in [2.75, 3.05) is 7.11 Å². The largest absolute Gasteiger partial charge is 0.465 e. The van der Waals surface area contributed by atoms with Gasteiger partial charge in [-0.3, -0.25) is 4.98 Å². The van der Waals surface area contributed by atoms with Gasteiger partial charge in [-0.15, -0.1) is 0 Å². The van der Waals surface area contributed by atoms with Gasteiger partial charge in [0.2, 0.25) is 0 Å². The molecule has 0 aliphatic rings. The SMILES string of the molecule is COC(=O)c1ccc2nc(=S)cnc(-c3ccccc3Cl)c2c1. The van der Waals surface area contributed by atoms with Crippen LogP contribution in [0, 0.1) is 4.64 Å². The zero-order chi connectivity index (χ0) is 16.4. The Morgan fingerprint density at radius 2 is 2.00 bits per heavy atom. The molecular formula is C17H11ClN2O2S. The van der Waals surface area contributed by atoms with Crippen LogP contribution in [-0.4, -0.2) is 23.0 Å². The number of hydrogen-bond donors (Lipinski definition) is 0. The third-order valence-corrected chi connectivity index (χ3v) is 3.86. The van der Waals surface area contributed by atoms with Gasteiger partial charge in [0.15, 0.2) is 0 Å². The van der Waals surface area contributed by atoms with Crippen LogP contribution in [0.15, 0.2) is 48.7 Å². The number of nitrogens with zero attached hydrogens (tertiary/aromatic N) is 2. The molecule has 0 aliphatic carbocycles. The molecule has 2 aromatic carbocycles. The molecule has 3 rings (SSSR count). The molecule has 4 nitrogen and oxygen atoms in total. The van der Waals surface area contributed by atoms with Gasteiger partial charge in [0.05, 0.1) is 30.1 Å². The Balaban J connectivity index is 2.41. The van der Waals surface area contributed by atoms with Crippen molar-refractivity contribution in [3.63, 3.8) is 0 Å². The van der Waals surface area contributed by atoms with E-state index in [0.29, 0.717) is 31.8 Å². The van der Waals surface area contributed by atoms with E-state index in [1.54, 1.807) is 24.3 Å². The van der Waals surface area contributed by atoms with Crippen LogP contribution in [0.3, 0.4) is 0 Å². The van der Waals surface area contributed by atoms with Crippen molar-refractivity contribution < 1.29 is 9.53 Å². The first kappa shape index (κ1) is 15.5. The Bertz CT molecular complexity index is 976. The molecule has 0 aliphatic heterocycles. The summed E-state index contributed by atoms with van der Waals surface area (Å²) in [6.07, 6.45) is 1.51. The number of halogens is 1. The van der Waals surface area contributed by atoms with Crippen molar-refractivity contribution in [3.05, 3.63) is 63.9 Å². The minimum atomic E-state index is -0.429. The number of esters is 1. The van der Waals surface area contributed by atoms with Crippen molar-refractivity contribution in [1.29, 1.82) is 0 Å². The molecule has 0 spiro atoms. The van der Waals surface area contributed by atoms with Crippen LogP contribution < -0.4 is 0 Å². The van der Waals surface area contributed by atoms with E-state index in [1.807, 2.05) is 18.2 Å². The van der Waals surface area contributed by atoms with Gasteiger partial charge in [-0.25, -0.2) is 9.78 Å². The second-order valence-electron chi connectivity index (χ2n) is 4.76. The number of methoxy groups -OCH3 is 1. The van der Waals surface area contributed by atoms with Crippen LogP contribution in [0.4, 0.5) is 0 Å². The molecule has 1 heterocycles. The Hall–Kier alpha value is -2.37. The number of hydrogen-bond acceptors (Lipinski definition) is 5. The Labute approximate surface area is 142 Å². The number of benzene rings is 2. The molecule has 0 atom stereocenters. The maximum absolute atomic E-state index is 11.8. The number of rotatable bonds is 2. The van der Waals surface area contributed by atoms with Gasteiger partial charge in [0.1, 0.15) is 4.64 Å². The molecule has 0 radical (unpaired) electrons. The van der Waals surface area contributed by atoms with E-state index in [4.69, 9.17) is 28.6 Å². The average Bonchev–Trinajstić information content (AvgIpc) is 2.72. The molecule has 0 saturated carbocycles. The minimum absolute atomic E-state index is 0.360. The molecule has 3 aromatic rings. The molecule has 0 amide bonds. The molecule has 114 valence electrons. The fourth-order valence-corrected chi connectivity index (χ4v) is 2.65. The predicted molar refractivity (Wildman–Crippen MR) is 92.2 cm³/mol. The lowest BCUT2D eigenvalue weighted by Gasteiger charge is -2.05. The van der Waals surface area contributed by atoms with Gasteiger partial charge in [-0.2, -0.15) is 0 Å². The van der Waals surface area contributed by atoms with Crippen molar-refractivity contribution >= 4 is 40.7 Å². The zero-order valence-corrected chi connectivity index (χ0v) is 13.7. The fourth-order valence-electron chi connectivity index (χ4n) is 2.27. The third kappa shape index (κ3) is 3.06. The van der Waals surface area contributed by atoms with Crippen molar-refractivity contribution in [1.82, 2.24) is 9.97 Å². The highest BCUT2D eigenvalue weighted by atomic mass is 35.5. The zero-order valence-electron chi connectivity index (χ0n) is 12.1. The first-order chi connectivity index (χ1) is 11.1. The summed E-state index contributed by atoms with van der Waals surface area (Å²) in [6, 6.07) is 12.4. The van der Waals surface area contributed by atoms with Crippen molar-refractivity contribution in [2.24, 2.45) is 0 Å². The highest BCUT2D eigenvalue weighted by Crippen LogP contribution is 2.31. The average molecular weight is 343 g/mol. The predicted octanol–water partition coefficient (Wildman–Crippen LogP) is 4.47. The molecule has 0 unspecified atom stereocenters. The van der Waals surface area contributed by atoms with E-state index in [-0.39, 0.29) is 0 Å². The Kier molecular flexibility index (Phi) is 4.32. The highest BCUT2D eigenvalue weighted by Gasteiger charge is 2.12. The van der Waals surface area contributed by atoms with Crippen LogP contribution in [0.25, 0.3) is 22.2 Å². The molecule has 23 heavy (non-hydrogen) atoms. The quantitative estimate of drug-likeness (QED) is 0.508. The smallest absolute Gasteiger partial charge is 0.337 e. The number of carbonyl (C=O) groups is 1. The van der Waals surface area contributed by atoms with E-state index in [2.05, 4.69) is 9.97 Å². The molecule has 1 aromatic heterocycles. The molecular weight excluding hydrogens is 332 g/mol. The van der Waals surface area contributed by atoms with Crippen LogP contribution in [0.1, 0.15) is 10.4 Å². The monoisotopic (exact) mass is 342 g/mol. The van der Waals surface area contributed by atoms with Gasteiger partial charge in [-0.05, 0) is 24.3 Å². The summed E-state index contributed by atoms with van der Waals surface area (Å²) in [5, 5.41) is 1.24. The fraction of sp³-hybridized carbons (Fsp3) is 0.0588. The first-order valence-electron chi connectivity index (χ1n) is 6.74. The van der Waals surface area contributed by atoms with E-state index in [9.17, 15) is 4.79 Å². The third-order valence-electron chi connectivity index (χ3n) is 3.34. The molecule has 6 heteroatoms. The minimum Gasteiger partial charge on any atom is -0.465 e. The van der Waals surface area contributed by atoms with Gasteiger partial charge >= 0.3 is 5.97 Å². The first-order valence-corrected chi connectivity index (χ1v) is 7.53. The number of aromatic nitrogens is 2. The lowest BCUT2D eigenvalue weighted by atomic mass is 10.0. The molecule has 0 fully saturated rings. The lowest BCUT2D eigenvalue weighted by molar-refractivity contribution is 0.0601. The normalized spacial score (nSPS) is 10.5. The standard InChI is InChI=1S/C17H11ClN2O2S/c1-22-17(21)10-6-7-14-12(8-10)16(19-9-15(23)20-14)11-4-2-3-5-13(11)18/h2-9H,1H3. The summed E-state index contributed by atoms with van der Waals surface area (Å²) in [4.78, 5) is 20.6. The number of ether oxygens (including phenoxy) is 1. The summed E-state index contributed by atoms with van der Waals surface area (Å²) in [5.41, 5.74) is 2.40. The summed E-state index contributed by atoms with van der Waals surface area (Å²) in [5.74, 6) is -0.429. The molecule has 0 bridgehead atoms. The highest BCUT2D eigenvalue weighted by molar-refractivity contribution is 7.71. The number of carbonyl (C=O) groups excluding carboxylic acids is 1. The maximum Gasteiger partial charge on any atom is 0.337 e. The van der Waals surface area contributed by atoms with Gasteiger partial charge < -0.3 is 4.74 Å².